The second-order valence-corrected chi connectivity index (χ2v) is 2.57. The van der Waals surface area contributed by atoms with Crippen LogP contribution in [0.1, 0.15) is 18.6 Å². The van der Waals surface area contributed by atoms with Crippen molar-refractivity contribution in [3.63, 3.8) is 0 Å². The molecule has 0 amide bonds. The van der Waals surface area contributed by atoms with Gasteiger partial charge in [-0.1, -0.05) is 30.3 Å². The zero-order chi connectivity index (χ0) is 9.68. The van der Waals surface area contributed by atoms with E-state index in [0.717, 1.165) is 0 Å². The van der Waals surface area contributed by atoms with Crippen LogP contribution in [0.25, 0.3) is 0 Å². The Bertz CT molecular complexity index is 274. The van der Waals surface area contributed by atoms with Crippen molar-refractivity contribution in [2.24, 2.45) is 0 Å². The molecule has 1 aromatic carbocycles. The summed E-state index contributed by atoms with van der Waals surface area (Å²) in [5.74, 6) is -0.603. The van der Waals surface area contributed by atoms with Gasteiger partial charge in [-0.3, -0.25) is 0 Å². The van der Waals surface area contributed by atoms with E-state index in [0.29, 0.717) is 5.56 Å². The van der Waals surface area contributed by atoms with Crippen LogP contribution < -0.4 is 0 Å². The molecule has 0 saturated heterocycles. The van der Waals surface area contributed by atoms with Crippen LogP contribution in [0.15, 0.2) is 30.3 Å². The summed E-state index contributed by atoms with van der Waals surface area (Å²) in [5, 5.41) is 9.45. The monoisotopic (exact) mass is 204 g/mol. The number of hydrogen-bond acceptors (Lipinski definition) is 3. The molecule has 1 unspecified atom stereocenters. The number of benzene rings is 1. The summed E-state index contributed by atoms with van der Waals surface area (Å²) in [6.07, 6.45) is -1.17. The van der Waals surface area contributed by atoms with E-state index in [1.807, 2.05) is 6.07 Å². The first-order valence-electron chi connectivity index (χ1n) is 4.15. The van der Waals surface area contributed by atoms with Crippen molar-refractivity contribution in [1.29, 1.82) is 0 Å². The molecule has 0 aromatic heterocycles. The Morgan fingerprint density at radius 3 is 2.50 bits per heavy atom. The molecule has 4 heteroatoms. The third-order valence-electron chi connectivity index (χ3n) is 1.63. The van der Waals surface area contributed by atoms with Crippen LogP contribution in [-0.4, -0.2) is 47.2 Å². The van der Waals surface area contributed by atoms with Gasteiger partial charge in [-0.2, -0.15) is 0 Å². The molecule has 0 radical (unpaired) electrons. The van der Waals surface area contributed by atoms with Crippen molar-refractivity contribution in [2.45, 2.75) is 13.0 Å². The fraction of sp³-hybridized carbons (Fsp3) is 0.300. The minimum atomic E-state index is -1.17. The van der Waals surface area contributed by atoms with Crippen molar-refractivity contribution >= 4 is 35.5 Å². The number of carbonyl (C=O) groups excluding carboxylic acids is 1. The van der Waals surface area contributed by atoms with E-state index in [4.69, 9.17) is 0 Å². The fourth-order valence-corrected chi connectivity index (χ4v) is 0.993. The van der Waals surface area contributed by atoms with Gasteiger partial charge >= 0.3 is 35.5 Å². The molecule has 0 bridgehead atoms. The number of carbonyl (C=O) groups is 1. The van der Waals surface area contributed by atoms with Gasteiger partial charge in [0.2, 0.25) is 0 Å². The maximum atomic E-state index is 11.1. The summed E-state index contributed by atoms with van der Waals surface area (Å²) < 4.78 is 4.67. The van der Waals surface area contributed by atoms with Crippen molar-refractivity contribution in [2.75, 3.05) is 6.61 Å². The van der Waals surface area contributed by atoms with E-state index in [1.165, 1.54) is 0 Å². The summed E-state index contributed by atoms with van der Waals surface area (Å²) >= 11 is 0. The molecule has 72 valence electrons. The first-order chi connectivity index (χ1) is 6.25. The molecule has 0 spiro atoms. The summed E-state index contributed by atoms with van der Waals surface area (Å²) in [4.78, 5) is 11.1. The van der Waals surface area contributed by atoms with Crippen molar-refractivity contribution in [3.8, 4) is 0 Å². The number of aliphatic hydroxyl groups excluding tert-OH is 1. The summed E-state index contributed by atoms with van der Waals surface area (Å²) in [5.41, 5.74) is 0.556. The van der Waals surface area contributed by atoms with Gasteiger partial charge in [-0.15, -0.1) is 0 Å². The Kier molecular flexibility index (Phi) is 6.83. The van der Waals surface area contributed by atoms with E-state index in [1.54, 1.807) is 31.2 Å². The predicted octanol–water partition coefficient (Wildman–Crippen LogP) is 0.635. The second-order valence-electron chi connectivity index (χ2n) is 2.57. The van der Waals surface area contributed by atoms with Crippen LogP contribution in [0.2, 0.25) is 0 Å². The van der Waals surface area contributed by atoms with Gasteiger partial charge in [0.25, 0.3) is 0 Å². The third-order valence-corrected chi connectivity index (χ3v) is 1.63. The molecular weight excluding hydrogens is 191 g/mol. The summed E-state index contributed by atoms with van der Waals surface area (Å²) in [7, 11) is 0. The second kappa shape index (κ2) is 7.01. The van der Waals surface area contributed by atoms with E-state index < -0.39 is 12.1 Å². The van der Waals surface area contributed by atoms with E-state index in [9.17, 15) is 9.90 Å². The van der Waals surface area contributed by atoms with Crippen LogP contribution in [0.5, 0.6) is 0 Å². The molecular formula is C10H13NaO3. The first kappa shape index (κ1) is 13.7. The van der Waals surface area contributed by atoms with E-state index in [2.05, 4.69) is 4.74 Å². The quantitative estimate of drug-likeness (QED) is 0.580. The molecule has 0 aliphatic rings. The number of hydrogen-bond donors (Lipinski definition) is 1. The SMILES string of the molecule is CCOC(=O)C(O)c1ccccc1.[NaH]. The van der Waals surface area contributed by atoms with E-state index >= 15 is 0 Å². The van der Waals surface area contributed by atoms with Crippen molar-refractivity contribution in [1.82, 2.24) is 0 Å². The first-order valence-corrected chi connectivity index (χ1v) is 4.15. The molecule has 0 saturated carbocycles. The van der Waals surface area contributed by atoms with Crippen molar-refractivity contribution < 1.29 is 14.6 Å². The van der Waals surface area contributed by atoms with Crippen LogP contribution in [0, 0.1) is 0 Å². The van der Waals surface area contributed by atoms with Gasteiger partial charge in [0, 0.05) is 0 Å². The fourth-order valence-electron chi connectivity index (χ4n) is 0.993. The molecule has 0 aliphatic heterocycles. The molecule has 0 heterocycles. The van der Waals surface area contributed by atoms with Crippen LogP contribution in [0.3, 0.4) is 0 Å². The normalized spacial score (nSPS) is 11.3. The van der Waals surface area contributed by atoms with Crippen LogP contribution in [-0.2, 0) is 9.53 Å². The molecule has 0 aliphatic carbocycles. The average Bonchev–Trinajstić information content (AvgIpc) is 2.18. The maximum absolute atomic E-state index is 11.1. The van der Waals surface area contributed by atoms with Gasteiger partial charge in [0.05, 0.1) is 6.61 Å². The average molecular weight is 204 g/mol. The summed E-state index contributed by atoms with van der Waals surface area (Å²) in [6, 6.07) is 8.71. The van der Waals surface area contributed by atoms with Crippen LogP contribution in [0.4, 0.5) is 0 Å². The van der Waals surface area contributed by atoms with Gasteiger partial charge in [0.15, 0.2) is 6.10 Å². The Hall–Kier alpha value is -0.350. The molecule has 1 rings (SSSR count). The topological polar surface area (TPSA) is 46.5 Å². The molecule has 1 atom stereocenters. The Labute approximate surface area is 105 Å². The van der Waals surface area contributed by atoms with Gasteiger partial charge < -0.3 is 9.84 Å². The molecule has 1 N–H and O–H groups in total. The minimum absolute atomic E-state index is 0. The predicted molar refractivity (Wildman–Crippen MR) is 55.2 cm³/mol. The van der Waals surface area contributed by atoms with Gasteiger partial charge in [-0.05, 0) is 12.5 Å². The third kappa shape index (κ3) is 3.80. The number of ether oxygens (including phenoxy) is 1. The molecule has 0 fully saturated rings. The van der Waals surface area contributed by atoms with Gasteiger partial charge in [-0.25, -0.2) is 4.79 Å². The Morgan fingerprint density at radius 1 is 1.43 bits per heavy atom. The number of rotatable bonds is 3. The molecule has 1 aromatic rings. The summed E-state index contributed by atoms with van der Waals surface area (Å²) in [6.45, 7) is 1.98. The van der Waals surface area contributed by atoms with E-state index in [-0.39, 0.29) is 36.2 Å². The zero-order valence-corrected chi connectivity index (χ0v) is 7.43. The zero-order valence-electron chi connectivity index (χ0n) is 7.43. The number of aliphatic hydroxyl groups is 1. The molecule has 14 heavy (non-hydrogen) atoms. The van der Waals surface area contributed by atoms with Crippen molar-refractivity contribution in [3.05, 3.63) is 35.9 Å². The molecule has 3 nitrogen and oxygen atoms in total. The standard InChI is InChI=1S/C10H12O3.Na.H/c1-2-13-10(12)9(11)8-6-4-3-5-7-8;;/h3-7,9,11H,2H2,1H3;;. The number of esters is 1. The Morgan fingerprint density at radius 2 is 2.00 bits per heavy atom. The van der Waals surface area contributed by atoms with Gasteiger partial charge in [0.1, 0.15) is 0 Å². The Balaban J connectivity index is 0.00000169. The van der Waals surface area contributed by atoms with Crippen LogP contribution >= 0.6 is 0 Å².